The molecule has 0 saturated heterocycles. The van der Waals surface area contributed by atoms with Crippen molar-refractivity contribution < 1.29 is 4.79 Å². The Balaban J connectivity index is 2.49. The lowest BCUT2D eigenvalue weighted by atomic mass is 9.84. The van der Waals surface area contributed by atoms with Crippen LogP contribution in [0, 0.1) is 5.41 Å². The third-order valence-corrected chi connectivity index (χ3v) is 2.80. The van der Waals surface area contributed by atoms with Gasteiger partial charge in [-0.15, -0.1) is 0 Å². The van der Waals surface area contributed by atoms with E-state index in [0.717, 1.165) is 5.56 Å². The van der Waals surface area contributed by atoms with E-state index in [0.29, 0.717) is 12.8 Å². The Morgan fingerprint density at radius 3 is 2.31 bits per heavy atom. The SMILES string of the molecule is CC(C)(C)C(N)CC(=O)Cc1ccccc1. The van der Waals surface area contributed by atoms with Crippen LogP contribution >= 0.6 is 0 Å². The molecule has 0 amide bonds. The molecule has 0 aliphatic heterocycles. The normalized spacial score (nSPS) is 13.5. The molecule has 0 fully saturated rings. The molecule has 2 heteroatoms. The summed E-state index contributed by atoms with van der Waals surface area (Å²) in [5, 5.41) is 0. The molecule has 16 heavy (non-hydrogen) atoms. The maximum Gasteiger partial charge on any atom is 0.138 e. The van der Waals surface area contributed by atoms with E-state index in [1.807, 2.05) is 30.3 Å². The van der Waals surface area contributed by atoms with E-state index in [9.17, 15) is 4.79 Å². The molecule has 1 atom stereocenters. The summed E-state index contributed by atoms with van der Waals surface area (Å²) in [7, 11) is 0. The van der Waals surface area contributed by atoms with Crippen molar-refractivity contribution in [2.24, 2.45) is 11.1 Å². The molecule has 1 rings (SSSR count). The van der Waals surface area contributed by atoms with E-state index in [1.165, 1.54) is 0 Å². The molecule has 1 aromatic rings. The summed E-state index contributed by atoms with van der Waals surface area (Å²) in [5.41, 5.74) is 7.04. The van der Waals surface area contributed by atoms with Crippen LogP contribution in [-0.4, -0.2) is 11.8 Å². The first-order chi connectivity index (χ1) is 7.39. The van der Waals surface area contributed by atoms with Gasteiger partial charge in [-0.2, -0.15) is 0 Å². The Kier molecular flexibility index (Phi) is 4.25. The largest absolute Gasteiger partial charge is 0.327 e. The number of ketones is 1. The summed E-state index contributed by atoms with van der Waals surface area (Å²) in [6.07, 6.45) is 0.947. The van der Waals surface area contributed by atoms with Gasteiger partial charge in [-0.25, -0.2) is 0 Å². The van der Waals surface area contributed by atoms with Gasteiger partial charge in [0.1, 0.15) is 5.78 Å². The zero-order chi connectivity index (χ0) is 12.2. The molecule has 0 saturated carbocycles. The number of nitrogens with two attached hydrogens (primary N) is 1. The second-order valence-electron chi connectivity index (χ2n) is 5.38. The Bertz CT molecular complexity index is 338. The van der Waals surface area contributed by atoms with Gasteiger partial charge in [-0.1, -0.05) is 51.1 Å². The first-order valence-corrected chi connectivity index (χ1v) is 5.71. The quantitative estimate of drug-likeness (QED) is 0.845. The van der Waals surface area contributed by atoms with E-state index in [2.05, 4.69) is 20.8 Å². The molecule has 0 aromatic heterocycles. The van der Waals surface area contributed by atoms with Gasteiger partial charge < -0.3 is 5.73 Å². The van der Waals surface area contributed by atoms with E-state index in [1.54, 1.807) is 0 Å². The lowest BCUT2D eigenvalue weighted by molar-refractivity contribution is -0.119. The van der Waals surface area contributed by atoms with Crippen LogP contribution in [-0.2, 0) is 11.2 Å². The minimum atomic E-state index is -0.0660. The van der Waals surface area contributed by atoms with Crippen molar-refractivity contribution in [2.75, 3.05) is 0 Å². The predicted octanol–water partition coefficient (Wildman–Crippen LogP) is 2.56. The molecule has 88 valence electrons. The monoisotopic (exact) mass is 219 g/mol. The number of Topliss-reactive ketones (excluding diaryl/α,β-unsaturated/α-hetero) is 1. The van der Waals surface area contributed by atoms with Crippen molar-refractivity contribution in [3.05, 3.63) is 35.9 Å². The van der Waals surface area contributed by atoms with Crippen LogP contribution in [0.5, 0.6) is 0 Å². The first-order valence-electron chi connectivity index (χ1n) is 5.71. The fraction of sp³-hybridized carbons (Fsp3) is 0.500. The Labute approximate surface area is 97.9 Å². The molecule has 2 N–H and O–H groups in total. The van der Waals surface area contributed by atoms with Crippen LogP contribution in [0.4, 0.5) is 0 Å². The van der Waals surface area contributed by atoms with Gasteiger partial charge >= 0.3 is 0 Å². The van der Waals surface area contributed by atoms with Gasteiger partial charge in [-0.3, -0.25) is 4.79 Å². The average Bonchev–Trinajstić information content (AvgIpc) is 2.17. The number of carbonyl (C=O) groups excluding carboxylic acids is 1. The summed E-state index contributed by atoms with van der Waals surface area (Å²) >= 11 is 0. The standard InChI is InChI=1S/C14H21NO/c1-14(2,3)13(15)10-12(16)9-11-7-5-4-6-8-11/h4-8,13H,9-10,15H2,1-3H3. The van der Waals surface area contributed by atoms with Crippen molar-refractivity contribution in [2.45, 2.75) is 39.7 Å². The van der Waals surface area contributed by atoms with E-state index < -0.39 is 0 Å². The minimum absolute atomic E-state index is 0.00759. The molecule has 0 radical (unpaired) electrons. The molecule has 0 aliphatic rings. The molecule has 0 spiro atoms. The smallest absolute Gasteiger partial charge is 0.138 e. The molecule has 1 aromatic carbocycles. The van der Waals surface area contributed by atoms with Crippen LogP contribution in [0.3, 0.4) is 0 Å². The third-order valence-electron chi connectivity index (χ3n) is 2.80. The van der Waals surface area contributed by atoms with Crippen LogP contribution in [0.1, 0.15) is 32.8 Å². The van der Waals surface area contributed by atoms with Crippen molar-refractivity contribution >= 4 is 5.78 Å². The van der Waals surface area contributed by atoms with Crippen LogP contribution in [0.15, 0.2) is 30.3 Å². The fourth-order valence-corrected chi connectivity index (χ4v) is 1.45. The maximum atomic E-state index is 11.8. The molecule has 0 heterocycles. The van der Waals surface area contributed by atoms with Crippen molar-refractivity contribution in [1.29, 1.82) is 0 Å². The molecule has 1 unspecified atom stereocenters. The fourth-order valence-electron chi connectivity index (χ4n) is 1.45. The van der Waals surface area contributed by atoms with Crippen molar-refractivity contribution in [1.82, 2.24) is 0 Å². The zero-order valence-electron chi connectivity index (χ0n) is 10.4. The second kappa shape index (κ2) is 5.26. The highest BCUT2D eigenvalue weighted by molar-refractivity contribution is 5.81. The van der Waals surface area contributed by atoms with Crippen molar-refractivity contribution in [3.63, 3.8) is 0 Å². The highest BCUT2D eigenvalue weighted by Gasteiger charge is 2.22. The first kappa shape index (κ1) is 12.9. The summed E-state index contributed by atoms with van der Waals surface area (Å²) in [6, 6.07) is 9.73. The Hall–Kier alpha value is -1.15. The van der Waals surface area contributed by atoms with Gasteiger partial charge in [-0.05, 0) is 11.0 Å². The second-order valence-corrected chi connectivity index (χ2v) is 5.38. The topological polar surface area (TPSA) is 43.1 Å². The van der Waals surface area contributed by atoms with Gasteiger partial charge in [0.25, 0.3) is 0 Å². The van der Waals surface area contributed by atoms with Gasteiger partial charge in [0.2, 0.25) is 0 Å². The summed E-state index contributed by atoms with van der Waals surface area (Å²) in [5.74, 6) is 0.216. The molecule has 2 nitrogen and oxygen atoms in total. The lowest BCUT2D eigenvalue weighted by Crippen LogP contribution is -2.37. The lowest BCUT2D eigenvalue weighted by Gasteiger charge is -2.26. The maximum absolute atomic E-state index is 11.8. The predicted molar refractivity (Wildman–Crippen MR) is 67.2 cm³/mol. The van der Waals surface area contributed by atoms with Gasteiger partial charge in [0.05, 0.1) is 0 Å². The summed E-state index contributed by atoms with van der Waals surface area (Å²) < 4.78 is 0. The van der Waals surface area contributed by atoms with Crippen LogP contribution in [0.2, 0.25) is 0 Å². The molecule has 0 aliphatic carbocycles. The van der Waals surface area contributed by atoms with E-state index >= 15 is 0 Å². The van der Waals surface area contributed by atoms with E-state index in [4.69, 9.17) is 5.73 Å². The third kappa shape index (κ3) is 4.15. The van der Waals surface area contributed by atoms with Crippen LogP contribution < -0.4 is 5.73 Å². The van der Waals surface area contributed by atoms with Crippen molar-refractivity contribution in [3.8, 4) is 0 Å². The minimum Gasteiger partial charge on any atom is -0.327 e. The molecule has 0 bridgehead atoms. The number of hydrogen-bond donors (Lipinski definition) is 1. The summed E-state index contributed by atoms with van der Waals surface area (Å²) in [4.78, 5) is 11.8. The number of rotatable bonds is 4. The van der Waals surface area contributed by atoms with Gasteiger partial charge in [0.15, 0.2) is 0 Å². The van der Waals surface area contributed by atoms with Gasteiger partial charge in [0, 0.05) is 18.9 Å². The Morgan fingerprint density at radius 1 is 1.25 bits per heavy atom. The number of benzene rings is 1. The summed E-state index contributed by atoms with van der Waals surface area (Å²) in [6.45, 7) is 6.19. The average molecular weight is 219 g/mol. The Morgan fingerprint density at radius 2 is 1.81 bits per heavy atom. The highest BCUT2D eigenvalue weighted by Crippen LogP contribution is 2.20. The molecular weight excluding hydrogens is 198 g/mol. The van der Waals surface area contributed by atoms with E-state index in [-0.39, 0.29) is 17.2 Å². The molecular formula is C14H21NO. The highest BCUT2D eigenvalue weighted by atomic mass is 16.1. The zero-order valence-corrected chi connectivity index (χ0v) is 10.4. The number of hydrogen-bond acceptors (Lipinski definition) is 2. The number of carbonyl (C=O) groups is 1. The van der Waals surface area contributed by atoms with Crippen LogP contribution in [0.25, 0.3) is 0 Å².